The van der Waals surface area contributed by atoms with Gasteiger partial charge < -0.3 is 14.2 Å². The Morgan fingerprint density at radius 1 is 0.282 bits per heavy atom. The quantitative estimate of drug-likeness (QED) is 0.0261. The molecule has 0 spiro atoms. The predicted molar refractivity (Wildman–Crippen MR) is 307 cm³/mol. The van der Waals surface area contributed by atoms with Gasteiger partial charge in [-0.25, -0.2) is 0 Å². The van der Waals surface area contributed by atoms with Crippen LogP contribution in [0.5, 0.6) is 0 Å². The lowest BCUT2D eigenvalue weighted by Crippen LogP contribution is -2.30. The first-order valence-corrected chi connectivity index (χ1v) is 31.5. The van der Waals surface area contributed by atoms with Crippen LogP contribution >= 0.6 is 0 Å². The first-order chi connectivity index (χ1) is 35.0. The molecular formula is C65H120O6. The van der Waals surface area contributed by atoms with Crippen LogP contribution in [-0.4, -0.2) is 37.2 Å². The highest BCUT2D eigenvalue weighted by atomic mass is 16.6. The Bertz CT molecular complexity index is 1190. The van der Waals surface area contributed by atoms with Crippen molar-refractivity contribution < 1.29 is 28.6 Å². The van der Waals surface area contributed by atoms with E-state index < -0.39 is 6.10 Å². The van der Waals surface area contributed by atoms with E-state index >= 15 is 0 Å². The third-order valence-electron chi connectivity index (χ3n) is 14.1. The Balaban J connectivity index is 4.33. The van der Waals surface area contributed by atoms with E-state index in [1.54, 1.807) is 0 Å². The molecule has 0 aromatic heterocycles. The summed E-state index contributed by atoms with van der Waals surface area (Å²) in [4.78, 5) is 38.3. The summed E-state index contributed by atoms with van der Waals surface area (Å²) in [7, 11) is 0. The van der Waals surface area contributed by atoms with Crippen LogP contribution in [0.4, 0.5) is 0 Å². The first kappa shape index (κ1) is 68.6. The van der Waals surface area contributed by atoms with E-state index in [4.69, 9.17) is 14.2 Å². The Hall–Kier alpha value is -2.37. The van der Waals surface area contributed by atoms with Crippen LogP contribution in [0.25, 0.3) is 0 Å². The van der Waals surface area contributed by atoms with Crippen LogP contribution in [0.15, 0.2) is 36.5 Å². The molecule has 0 aliphatic rings. The molecule has 0 aliphatic heterocycles. The van der Waals surface area contributed by atoms with E-state index in [1.165, 1.54) is 225 Å². The molecule has 0 saturated heterocycles. The molecule has 416 valence electrons. The zero-order valence-electron chi connectivity index (χ0n) is 47.8. The van der Waals surface area contributed by atoms with Crippen molar-refractivity contribution in [1.29, 1.82) is 0 Å². The molecule has 0 amide bonds. The number of hydrogen-bond donors (Lipinski definition) is 0. The summed E-state index contributed by atoms with van der Waals surface area (Å²) in [5.74, 6) is -0.871. The molecule has 71 heavy (non-hydrogen) atoms. The molecule has 0 saturated carbocycles. The van der Waals surface area contributed by atoms with Crippen LogP contribution in [0.3, 0.4) is 0 Å². The van der Waals surface area contributed by atoms with E-state index in [0.717, 1.165) is 77.0 Å². The minimum atomic E-state index is -0.778. The third kappa shape index (κ3) is 58.4. The van der Waals surface area contributed by atoms with Crippen LogP contribution in [-0.2, 0) is 28.6 Å². The van der Waals surface area contributed by atoms with Gasteiger partial charge in [0.15, 0.2) is 6.10 Å². The van der Waals surface area contributed by atoms with Gasteiger partial charge in [0.1, 0.15) is 13.2 Å². The smallest absolute Gasteiger partial charge is 0.306 e. The fourth-order valence-electron chi connectivity index (χ4n) is 9.35. The standard InChI is InChI=1S/C65H120O6/c1-4-7-10-13-16-19-22-25-28-30-32-33-35-37-40-43-46-49-52-55-58-64(67)70-61-62(60-69-63(66)57-54-51-48-45-42-39-36-27-24-21-18-15-12-9-6-3)71-65(68)59-56-53-50-47-44-41-38-34-31-29-26-23-20-17-14-11-8-5-2/h18,21,27,29,31,36,62H,4-17,19-20,22-26,28,30,32-35,37-61H2,1-3H3/b21-18-,31-29-,36-27-. The predicted octanol–water partition coefficient (Wildman–Crippen LogP) is 21.2. The topological polar surface area (TPSA) is 78.9 Å². The van der Waals surface area contributed by atoms with Gasteiger partial charge in [0, 0.05) is 19.3 Å². The molecule has 1 atom stereocenters. The summed E-state index contributed by atoms with van der Waals surface area (Å²) < 4.78 is 16.9. The largest absolute Gasteiger partial charge is 0.462 e. The first-order valence-electron chi connectivity index (χ1n) is 31.5. The summed E-state index contributed by atoms with van der Waals surface area (Å²) in [6.45, 7) is 6.65. The fraction of sp³-hybridized carbons (Fsp3) is 0.862. The Morgan fingerprint density at radius 3 is 0.817 bits per heavy atom. The maximum atomic E-state index is 12.9. The molecule has 6 heteroatoms. The summed E-state index contributed by atoms with van der Waals surface area (Å²) in [6.07, 6.45) is 72.9. The number of rotatable bonds is 58. The Morgan fingerprint density at radius 2 is 0.507 bits per heavy atom. The van der Waals surface area contributed by atoms with Crippen LogP contribution in [0, 0.1) is 0 Å². The van der Waals surface area contributed by atoms with Gasteiger partial charge in [-0.15, -0.1) is 0 Å². The lowest BCUT2D eigenvalue weighted by Gasteiger charge is -2.18. The normalized spacial score (nSPS) is 12.2. The maximum absolute atomic E-state index is 12.9. The second-order valence-corrected chi connectivity index (χ2v) is 21.3. The van der Waals surface area contributed by atoms with Crippen molar-refractivity contribution in [2.45, 2.75) is 348 Å². The molecule has 0 rings (SSSR count). The summed E-state index contributed by atoms with van der Waals surface area (Å²) >= 11 is 0. The van der Waals surface area contributed by atoms with Crippen LogP contribution < -0.4 is 0 Å². The van der Waals surface area contributed by atoms with Crippen molar-refractivity contribution in [2.24, 2.45) is 0 Å². The highest BCUT2D eigenvalue weighted by Crippen LogP contribution is 2.17. The van der Waals surface area contributed by atoms with Gasteiger partial charge in [0.25, 0.3) is 0 Å². The van der Waals surface area contributed by atoms with E-state index in [1.807, 2.05) is 0 Å². The van der Waals surface area contributed by atoms with Gasteiger partial charge in [-0.3, -0.25) is 14.4 Å². The van der Waals surface area contributed by atoms with E-state index in [9.17, 15) is 14.4 Å². The second-order valence-electron chi connectivity index (χ2n) is 21.3. The van der Waals surface area contributed by atoms with Crippen molar-refractivity contribution >= 4 is 17.9 Å². The van der Waals surface area contributed by atoms with Crippen LogP contribution in [0.2, 0.25) is 0 Å². The lowest BCUT2D eigenvalue weighted by atomic mass is 10.0. The van der Waals surface area contributed by atoms with Crippen molar-refractivity contribution in [3.63, 3.8) is 0 Å². The van der Waals surface area contributed by atoms with Gasteiger partial charge in [-0.2, -0.15) is 0 Å². The number of hydrogen-bond acceptors (Lipinski definition) is 6. The average Bonchev–Trinajstić information content (AvgIpc) is 3.37. The van der Waals surface area contributed by atoms with Gasteiger partial charge in [-0.05, 0) is 77.0 Å². The molecule has 0 fully saturated rings. The number of unbranched alkanes of at least 4 members (excludes halogenated alkanes) is 41. The highest BCUT2D eigenvalue weighted by Gasteiger charge is 2.19. The van der Waals surface area contributed by atoms with Crippen molar-refractivity contribution in [1.82, 2.24) is 0 Å². The van der Waals surface area contributed by atoms with Crippen molar-refractivity contribution in [2.75, 3.05) is 13.2 Å². The second kappa shape index (κ2) is 60.2. The Kier molecular flexibility index (Phi) is 58.2. The summed E-state index contributed by atoms with van der Waals surface area (Å²) in [5.41, 5.74) is 0. The zero-order chi connectivity index (χ0) is 51.4. The highest BCUT2D eigenvalue weighted by molar-refractivity contribution is 5.71. The Labute approximate surface area is 442 Å². The number of allylic oxidation sites excluding steroid dienone is 6. The van der Waals surface area contributed by atoms with E-state index in [2.05, 4.69) is 57.2 Å². The minimum Gasteiger partial charge on any atom is -0.462 e. The van der Waals surface area contributed by atoms with Gasteiger partial charge in [0.05, 0.1) is 0 Å². The molecule has 0 aliphatic carbocycles. The van der Waals surface area contributed by atoms with E-state index in [-0.39, 0.29) is 31.1 Å². The SMILES string of the molecule is CCCCC/C=C\C/C=C\CCCCCCCC(=O)OCC(COC(=O)CCCCCCCCCCCCCCCCCCCCCC)OC(=O)CCCCCCCCC/C=C\CCCCCCCCC. The molecule has 0 radical (unpaired) electrons. The average molecular weight is 998 g/mol. The number of carbonyl (C=O) groups is 3. The van der Waals surface area contributed by atoms with Gasteiger partial charge >= 0.3 is 17.9 Å². The van der Waals surface area contributed by atoms with E-state index in [0.29, 0.717) is 19.3 Å². The van der Waals surface area contributed by atoms with Crippen molar-refractivity contribution in [3.05, 3.63) is 36.5 Å². The molecule has 6 nitrogen and oxygen atoms in total. The molecule has 0 aromatic rings. The van der Waals surface area contributed by atoms with Crippen LogP contribution in [0.1, 0.15) is 342 Å². The summed E-state index contributed by atoms with van der Waals surface area (Å²) in [6, 6.07) is 0. The molecule has 0 heterocycles. The zero-order valence-corrected chi connectivity index (χ0v) is 47.8. The molecule has 0 aromatic carbocycles. The third-order valence-corrected chi connectivity index (χ3v) is 14.1. The fourth-order valence-corrected chi connectivity index (χ4v) is 9.35. The number of esters is 3. The molecule has 0 bridgehead atoms. The minimum absolute atomic E-state index is 0.0744. The monoisotopic (exact) mass is 997 g/mol. The van der Waals surface area contributed by atoms with Crippen molar-refractivity contribution in [3.8, 4) is 0 Å². The molecule has 1 unspecified atom stereocenters. The lowest BCUT2D eigenvalue weighted by molar-refractivity contribution is -0.167. The summed E-state index contributed by atoms with van der Waals surface area (Å²) in [5, 5.41) is 0. The molecule has 0 N–H and O–H groups in total. The number of carbonyl (C=O) groups excluding carboxylic acids is 3. The van der Waals surface area contributed by atoms with Gasteiger partial charge in [0.2, 0.25) is 0 Å². The maximum Gasteiger partial charge on any atom is 0.306 e. The number of ether oxygens (including phenoxy) is 3. The molecular weight excluding hydrogens is 877 g/mol. The van der Waals surface area contributed by atoms with Gasteiger partial charge in [-0.1, -0.05) is 282 Å².